The second kappa shape index (κ2) is 7.26. The minimum Gasteiger partial charge on any atom is -0.494 e. The summed E-state index contributed by atoms with van der Waals surface area (Å²) in [4.78, 5) is 8.57. The van der Waals surface area contributed by atoms with E-state index in [0.717, 1.165) is 27.9 Å². The van der Waals surface area contributed by atoms with Gasteiger partial charge in [0.05, 0.1) is 6.61 Å². The van der Waals surface area contributed by atoms with Crippen molar-refractivity contribution in [1.29, 1.82) is 0 Å². The standard InChI is InChI=1S/C15H19N3OS/c1-3-19-13-6-4-12(5-7-13)14(16)10-20-15-17-9-8-11(2)18-15/h4-9,14H,3,10,16H2,1-2H3. The van der Waals surface area contributed by atoms with Gasteiger partial charge in [0.15, 0.2) is 5.16 Å². The van der Waals surface area contributed by atoms with Crippen LogP contribution in [-0.4, -0.2) is 22.3 Å². The van der Waals surface area contributed by atoms with Gasteiger partial charge in [-0.1, -0.05) is 23.9 Å². The number of rotatable bonds is 6. The smallest absolute Gasteiger partial charge is 0.187 e. The maximum atomic E-state index is 6.19. The van der Waals surface area contributed by atoms with Crippen LogP contribution < -0.4 is 10.5 Å². The third-order valence-corrected chi connectivity index (χ3v) is 3.76. The molecule has 5 heteroatoms. The molecule has 1 aromatic carbocycles. The first-order valence-corrected chi connectivity index (χ1v) is 7.58. The Morgan fingerprint density at radius 3 is 2.65 bits per heavy atom. The zero-order valence-corrected chi connectivity index (χ0v) is 12.6. The SMILES string of the molecule is CCOc1ccc(C(N)CSc2nccc(C)n2)cc1. The molecule has 1 aromatic heterocycles. The van der Waals surface area contributed by atoms with Gasteiger partial charge in [-0.3, -0.25) is 0 Å². The zero-order chi connectivity index (χ0) is 14.4. The van der Waals surface area contributed by atoms with E-state index in [2.05, 4.69) is 9.97 Å². The second-order valence-electron chi connectivity index (χ2n) is 4.40. The molecule has 0 aliphatic heterocycles. The van der Waals surface area contributed by atoms with Gasteiger partial charge in [0.25, 0.3) is 0 Å². The van der Waals surface area contributed by atoms with E-state index in [1.165, 1.54) is 0 Å². The summed E-state index contributed by atoms with van der Waals surface area (Å²) in [5, 5.41) is 0.770. The molecule has 106 valence electrons. The van der Waals surface area contributed by atoms with Gasteiger partial charge in [0.1, 0.15) is 5.75 Å². The quantitative estimate of drug-likeness (QED) is 0.654. The van der Waals surface area contributed by atoms with Crippen LogP contribution in [0.2, 0.25) is 0 Å². The van der Waals surface area contributed by atoms with Crippen molar-refractivity contribution >= 4 is 11.8 Å². The molecule has 0 aliphatic carbocycles. The lowest BCUT2D eigenvalue weighted by Crippen LogP contribution is -2.13. The molecule has 1 atom stereocenters. The van der Waals surface area contributed by atoms with Crippen LogP contribution >= 0.6 is 11.8 Å². The number of ether oxygens (including phenoxy) is 1. The lowest BCUT2D eigenvalue weighted by Gasteiger charge is -2.12. The lowest BCUT2D eigenvalue weighted by molar-refractivity contribution is 0.340. The van der Waals surface area contributed by atoms with E-state index in [4.69, 9.17) is 10.5 Å². The van der Waals surface area contributed by atoms with E-state index in [1.54, 1.807) is 18.0 Å². The highest BCUT2D eigenvalue weighted by Crippen LogP contribution is 2.22. The Kier molecular flexibility index (Phi) is 5.38. The summed E-state index contributed by atoms with van der Waals surface area (Å²) < 4.78 is 5.42. The molecule has 0 saturated carbocycles. The Bertz CT molecular complexity index is 545. The number of nitrogens with two attached hydrogens (primary N) is 1. The summed E-state index contributed by atoms with van der Waals surface area (Å²) in [6.07, 6.45) is 1.77. The number of aromatic nitrogens is 2. The highest BCUT2D eigenvalue weighted by Gasteiger charge is 2.08. The number of benzene rings is 1. The molecular formula is C15H19N3OS. The molecule has 0 bridgehead atoms. The van der Waals surface area contributed by atoms with Crippen molar-refractivity contribution in [2.24, 2.45) is 5.73 Å². The predicted octanol–water partition coefficient (Wildman–Crippen LogP) is 2.98. The molecule has 0 amide bonds. The van der Waals surface area contributed by atoms with E-state index in [0.29, 0.717) is 6.61 Å². The normalized spacial score (nSPS) is 12.2. The van der Waals surface area contributed by atoms with Gasteiger partial charge >= 0.3 is 0 Å². The summed E-state index contributed by atoms with van der Waals surface area (Å²) in [5.41, 5.74) is 8.25. The second-order valence-corrected chi connectivity index (χ2v) is 5.39. The average Bonchev–Trinajstić information content (AvgIpc) is 2.46. The Morgan fingerprint density at radius 1 is 1.25 bits per heavy atom. The minimum atomic E-state index is -0.0419. The van der Waals surface area contributed by atoms with Crippen LogP contribution in [0.15, 0.2) is 41.7 Å². The van der Waals surface area contributed by atoms with Crippen LogP contribution in [0.3, 0.4) is 0 Å². The molecule has 0 saturated heterocycles. The van der Waals surface area contributed by atoms with Crippen molar-refractivity contribution in [2.45, 2.75) is 25.0 Å². The first-order chi connectivity index (χ1) is 9.69. The van der Waals surface area contributed by atoms with Gasteiger partial charge in [-0.15, -0.1) is 0 Å². The summed E-state index contributed by atoms with van der Waals surface area (Å²) in [6.45, 7) is 4.60. The van der Waals surface area contributed by atoms with Crippen molar-refractivity contribution in [3.63, 3.8) is 0 Å². The van der Waals surface area contributed by atoms with Gasteiger partial charge in [-0.2, -0.15) is 0 Å². The molecule has 2 N–H and O–H groups in total. The zero-order valence-electron chi connectivity index (χ0n) is 11.7. The molecule has 4 nitrogen and oxygen atoms in total. The third kappa shape index (κ3) is 4.21. The van der Waals surface area contributed by atoms with Crippen LogP contribution in [0.5, 0.6) is 5.75 Å². The molecule has 0 fully saturated rings. The van der Waals surface area contributed by atoms with E-state index >= 15 is 0 Å². The Hall–Kier alpha value is -1.59. The topological polar surface area (TPSA) is 61.0 Å². The van der Waals surface area contributed by atoms with Crippen molar-refractivity contribution in [3.05, 3.63) is 47.8 Å². The van der Waals surface area contributed by atoms with Gasteiger partial charge in [0.2, 0.25) is 0 Å². The largest absolute Gasteiger partial charge is 0.494 e. The number of hydrogen-bond acceptors (Lipinski definition) is 5. The maximum Gasteiger partial charge on any atom is 0.187 e. The fourth-order valence-electron chi connectivity index (χ4n) is 1.73. The van der Waals surface area contributed by atoms with Crippen molar-refractivity contribution < 1.29 is 4.74 Å². The summed E-state index contributed by atoms with van der Waals surface area (Å²) in [7, 11) is 0. The highest BCUT2D eigenvalue weighted by molar-refractivity contribution is 7.99. The summed E-state index contributed by atoms with van der Waals surface area (Å²) >= 11 is 1.57. The molecule has 2 rings (SSSR count). The molecule has 0 aliphatic rings. The molecule has 0 spiro atoms. The number of nitrogens with zero attached hydrogens (tertiary/aromatic N) is 2. The Balaban J connectivity index is 1.92. The predicted molar refractivity (Wildman–Crippen MR) is 82.0 cm³/mol. The highest BCUT2D eigenvalue weighted by atomic mass is 32.2. The molecule has 1 unspecified atom stereocenters. The van der Waals surface area contributed by atoms with E-state index in [1.807, 2.05) is 44.2 Å². The van der Waals surface area contributed by atoms with Crippen LogP contribution in [0, 0.1) is 6.92 Å². The lowest BCUT2D eigenvalue weighted by atomic mass is 10.1. The van der Waals surface area contributed by atoms with Crippen molar-refractivity contribution in [1.82, 2.24) is 9.97 Å². The fraction of sp³-hybridized carbons (Fsp3) is 0.333. The van der Waals surface area contributed by atoms with Gasteiger partial charge < -0.3 is 10.5 Å². The van der Waals surface area contributed by atoms with Crippen LogP contribution in [0.4, 0.5) is 0 Å². The first-order valence-electron chi connectivity index (χ1n) is 6.60. The van der Waals surface area contributed by atoms with Crippen LogP contribution in [-0.2, 0) is 0 Å². The van der Waals surface area contributed by atoms with Gasteiger partial charge in [-0.25, -0.2) is 9.97 Å². The van der Waals surface area contributed by atoms with Crippen LogP contribution in [0.1, 0.15) is 24.2 Å². The molecular weight excluding hydrogens is 270 g/mol. The Labute approximate surface area is 123 Å². The van der Waals surface area contributed by atoms with Crippen molar-refractivity contribution in [2.75, 3.05) is 12.4 Å². The van der Waals surface area contributed by atoms with Gasteiger partial charge in [0, 0.05) is 23.7 Å². The van der Waals surface area contributed by atoms with E-state index < -0.39 is 0 Å². The number of thioether (sulfide) groups is 1. The summed E-state index contributed by atoms with van der Waals surface area (Å²) in [5.74, 6) is 1.62. The molecule has 2 aromatic rings. The molecule has 0 radical (unpaired) electrons. The van der Waals surface area contributed by atoms with Crippen molar-refractivity contribution in [3.8, 4) is 5.75 Å². The van der Waals surface area contributed by atoms with E-state index in [-0.39, 0.29) is 6.04 Å². The molecule has 20 heavy (non-hydrogen) atoms. The fourth-order valence-corrected chi connectivity index (χ4v) is 2.60. The van der Waals surface area contributed by atoms with E-state index in [9.17, 15) is 0 Å². The van der Waals surface area contributed by atoms with Gasteiger partial charge in [-0.05, 0) is 37.6 Å². The maximum absolute atomic E-state index is 6.19. The first kappa shape index (κ1) is 14.8. The molecule has 1 heterocycles. The number of aryl methyl sites for hydroxylation is 1. The monoisotopic (exact) mass is 289 g/mol. The Morgan fingerprint density at radius 2 is 2.00 bits per heavy atom. The average molecular weight is 289 g/mol. The minimum absolute atomic E-state index is 0.0419. The summed E-state index contributed by atoms with van der Waals surface area (Å²) in [6, 6.07) is 9.76. The number of hydrogen-bond donors (Lipinski definition) is 1. The third-order valence-electron chi connectivity index (χ3n) is 2.78. The van der Waals surface area contributed by atoms with Crippen LogP contribution in [0.25, 0.3) is 0 Å².